The minimum atomic E-state index is -0.223. The molecule has 3 nitrogen and oxygen atoms in total. The van der Waals surface area contributed by atoms with Crippen LogP contribution in [-0.4, -0.2) is 16.8 Å². The molecule has 12 heavy (non-hydrogen) atoms. The highest BCUT2D eigenvalue weighted by Crippen LogP contribution is 2.01. The van der Waals surface area contributed by atoms with Gasteiger partial charge in [0.2, 0.25) is 5.91 Å². The van der Waals surface area contributed by atoms with E-state index < -0.39 is 0 Å². The summed E-state index contributed by atoms with van der Waals surface area (Å²) in [5.41, 5.74) is 0.665. The summed E-state index contributed by atoms with van der Waals surface area (Å²) < 4.78 is 0. The van der Waals surface area contributed by atoms with Gasteiger partial charge in [0.25, 0.3) is 0 Å². The third-order valence-electron chi connectivity index (χ3n) is 1.07. The fourth-order valence-electron chi connectivity index (χ4n) is 0.631. The Balaban J connectivity index is 0.00000121. The molecule has 0 aliphatic heterocycles. The number of halogens is 2. The first-order valence-electron chi connectivity index (χ1n) is 3.09. The Labute approximate surface area is 81.5 Å². The highest BCUT2D eigenvalue weighted by Gasteiger charge is 1.97. The first kappa shape index (κ1) is 11.2. The predicted octanol–water partition coefficient (Wildman–Crippen LogP) is 1.68. The van der Waals surface area contributed by atoms with Crippen LogP contribution in [0.1, 0.15) is 0 Å². The number of nitrogens with one attached hydrogen (secondary N) is 1. The van der Waals surface area contributed by atoms with Gasteiger partial charge in [0, 0.05) is 6.20 Å². The molecule has 0 aliphatic rings. The van der Waals surface area contributed by atoms with Gasteiger partial charge in [0.15, 0.2) is 0 Å². The summed E-state index contributed by atoms with van der Waals surface area (Å²) in [5, 5.41) is 2.56. The van der Waals surface area contributed by atoms with E-state index in [2.05, 4.69) is 10.3 Å². The van der Waals surface area contributed by atoms with Crippen LogP contribution in [0.4, 0.5) is 5.69 Å². The molecule has 0 fully saturated rings. The Morgan fingerprint density at radius 2 is 2.42 bits per heavy atom. The molecule has 0 saturated carbocycles. The SMILES string of the molecule is Cl.O=C(CCl)Nc1cccnc1. The largest absolute Gasteiger partial charge is 0.324 e. The van der Waals surface area contributed by atoms with Crippen LogP contribution in [0.15, 0.2) is 24.5 Å². The number of aromatic nitrogens is 1. The number of anilines is 1. The van der Waals surface area contributed by atoms with E-state index >= 15 is 0 Å². The summed E-state index contributed by atoms with van der Waals surface area (Å²) in [5.74, 6) is -0.255. The van der Waals surface area contributed by atoms with Gasteiger partial charge in [0.05, 0.1) is 11.9 Å². The van der Waals surface area contributed by atoms with Crippen molar-refractivity contribution in [1.29, 1.82) is 0 Å². The Bertz CT molecular complexity index is 240. The van der Waals surface area contributed by atoms with Gasteiger partial charge in [-0.15, -0.1) is 24.0 Å². The topological polar surface area (TPSA) is 42.0 Å². The second kappa shape index (κ2) is 5.80. The van der Waals surface area contributed by atoms with Crippen molar-refractivity contribution in [2.75, 3.05) is 11.2 Å². The van der Waals surface area contributed by atoms with E-state index in [1.807, 2.05) is 0 Å². The van der Waals surface area contributed by atoms with Crippen LogP contribution < -0.4 is 5.32 Å². The van der Waals surface area contributed by atoms with Gasteiger partial charge in [-0.2, -0.15) is 0 Å². The third-order valence-corrected chi connectivity index (χ3v) is 1.31. The summed E-state index contributed by atoms with van der Waals surface area (Å²) in [7, 11) is 0. The highest BCUT2D eigenvalue weighted by atomic mass is 35.5. The highest BCUT2D eigenvalue weighted by molar-refractivity contribution is 6.29. The van der Waals surface area contributed by atoms with E-state index in [1.165, 1.54) is 0 Å². The average molecular weight is 207 g/mol. The zero-order chi connectivity index (χ0) is 8.10. The molecule has 0 spiro atoms. The smallest absolute Gasteiger partial charge is 0.239 e. The molecule has 1 rings (SSSR count). The number of carbonyl (C=O) groups excluding carboxylic acids is 1. The molecule has 0 aromatic carbocycles. The molecule has 0 atom stereocenters. The van der Waals surface area contributed by atoms with Crippen molar-refractivity contribution >= 4 is 35.6 Å². The second-order valence-electron chi connectivity index (χ2n) is 1.92. The zero-order valence-electron chi connectivity index (χ0n) is 6.16. The lowest BCUT2D eigenvalue weighted by Gasteiger charge is -1.99. The number of alkyl halides is 1. The Hall–Kier alpha value is -0.800. The number of nitrogens with zero attached hydrogens (tertiary/aromatic N) is 1. The summed E-state index contributed by atoms with van der Waals surface area (Å²) in [6.45, 7) is 0. The minimum absolute atomic E-state index is 0. The van der Waals surface area contributed by atoms with Crippen molar-refractivity contribution in [2.45, 2.75) is 0 Å². The Kier molecular flexibility index (Phi) is 5.41. The van der Waals surface area contributed by atoms with Gasteiger partial charge >= 0.3 is 0 Å². The van der Waals surface area contributed by atoms with Crippen LogP contribution in [0, 0.1) is 0 Å². The maximum absolute atomic E-state index is 10.7. The summed E-state index contributed by atoms with van der Waals surface area (Å²) in [6, 6.07) is 3.49. The van der Waals surface area contributed by atoms with Gasteiger partial charge < -0.3 is 5.32 Å². The van der Waals surface area contributed by atoms with Crippen LogP contribution in [0.5, 0.6) is 0 Å². The first-order chi connectivity index (χ1) is 5.33. The molecule has 1 aromatic heterocycles. The maximum atomic E-state index is 10.7. The Morgan fingerprint density at radius 1 is 1.67 bits per heavy atom. The van der Waals surface area contributed by atoms with Crippen LogP contribution in [-0.2, 0) is 4.79 Å². The molecule has 0 radical (unpaired) electrons. The fourth-order valence-corrected chi connectivity index (χ4v) is 0.698. The third kappa shape index (κ3) is 3.55. The lowest BCUT2D eigenvalue weighted by atomic mass is 10.4. The summed E-state index contributed by atoms with van der Waals surface area (Å²) in [6.07, 6.45) is 3.20. The number of rotatable bonds is 2. The standard InChI is InChI=1S/C7H7ClN2O.ClH/c8-4-7(11)10-6-2-1-3-9-5-6;/h1-3,5H,4H2,(H,10,11);1H. The van der Waals surface area contributed by atoms with Crippen LogP contribution in [0.25, 0.3) is 0 Å². The van der Waals surface area contributed by atoms with E-state index in [-0.39, 0.29) is 24.2 Å². The van der Waals surface area contributed by atoms with Crippen LogP contribution >= 0.6 is 24.0 Å². The van der Waals surface area contributed by atoms with E-state index in [0.717, 1.165) is 0 Å². The van der Waals surface area contributed by atoms with E-state index in [4.69, 9.17) is 11.6 Å². The lowest BCUT2D eigenvalue weighted by Crippen LogP contribution is -2.12. The molecule has 5 heteroatoms. The molecule has 0 aliphatic carbocycles. The van der Waals surface area contributed by atoms with E-state index in [0.29, 0.717) is 5.69 Å². The van der Waals surface area contributed by atoms with E-state index in [1.54, 1.807) is 24.5 Å². The van der Waals surface area contributed by atoms with Gasteiger partial charge in [0.1, 0.15) is 5.88 Å². The van der Waals surface area contributed by atoms with Gasteiger partial charge in [-0.3, -0.25) is 9.78 Å². The van der Waals surface area contributed by atoms with Crippen molar-refractivity contribution in [1.82, 2.24) is 4.98 Å². The fraction of sp³-hybridized carbons (Fsp3) is 0.143. The van der Waals surface area contributed by atoms with Crippen molar-refractivity contribution in [3.63, 3.8) is 0 Å². The lowest BCUT2D eigenvalue weighted by molar-refractivity contribution is -0.113. The van der Waals surface area contributed by atoms with Crippen molar-refractivity contribution in [3.8, 4) is 0 Å². The molecule has 1 N–H and O–H groups in total. The quantitative estimate of drug-likeness (QED) is 0.749. The predicted molar refractivity (Wildman–Crippen MR) is 50.8 cm³/mol. The number of hydrogen-bond donors (Lipinski definition) is 1. The van der Waals surface area contributed by atoms with Crippen molar-refractivity contribution in [3.05, 3.63) is 24.5 Å². The van der Waals surface area contributed by atoms with Gasteiger partial charge in [-0.05, 0) is 12.1 Å². The number of hydrogen-bond acceptors (Lipinski definition) is 2. The molecule has 66 valence electrons. The van der Waals surface area contributed by atoms with Crippen molar-refractivity contribution in [2.24, 2.45) is 0 Å². The molecule has 0 saturated heterocycles. The van der Waals surface area contributed by atoms with Gasteiger partial charge in [-0.1, -0.05) is 0 Å². The first-order valence-corrected chi connectivity index (χ1v) is 3.62. The average Bonchev–Trinajstić information content (AvgIpc) is 2.06. The maximum Gasteiger partial charge on any atom is 0.239 e. The monoisotopic (exact) mass is 206 g/mol. The molecular weight excluding hydrogens is 199 g/mol. The Morgan fingerprint density at radius 3 is 2.92 bits per heavy atom. The number of carbonyl (C=O) groups is 1. The minimum Gasteiger partial charge on any atom is -0.324 e. The normalized spacial score (nSPS) is 8.42. The van der Waals surface area contributed by atoms with Gasteiger partial charge in [-0.25, -0.2) is 0 Å². The number of pyridine rings is 1. The molecular formula is C7H8Cl2N2O. The zero-order valence-corrected chi connectivity index (χ0v) is 7.73. The molecule has 1 aromatic rings. The van der Waals surface area contributed by atoms with Crippen LogP contribution in [0.2, 0.25) is 0 Å². The number of amides is 1. The molecule has 0 bridgehead atoms. The molecule has 1 heterocycles. The second-order valence-corrected chi connectivity index (χ2v) is 2.19. The van der Waals surface area contributed by atoms with Crippen LogP contribution in [0.3, 0.4) is 0 Å². The van der Waals surface area contributed by atoms with Crippen molar-refractivity contribution < 1.29 is 4.79 Å². The summed E-state index contributed by atoms with van der Waals surface area (Å²) in [4.78, 5) is 14.5. The molecule has 1 amide bonds. The van der Waals surface area contributed by atoms with E-state index in [9.17, 15) is 4.79 Å². The molecule has 0 unspecified atom stereocenters. The summed E-state index contributed by atoms with van der Waals surface area (Å²) >= 11 is 5.27.